The van der Waals surface area contributed by atoms with E-state index in [-0.39, 0.29) is 49.6 Å². The summed E-state index contributed by atoms with van der Waals surface area (Å²) in [5.41, 5.74) is 19.0. The van der Waals surface area contributed by atoms with Crippen molar-refractivity contribution in [2.75, 3.05) is 27.6 Å². The molecule has 0 fully saturated rings. The minimum absolute atomic E-state index is 0.0616. The summed E-state index contributed by atoms with van der Waals surface area (Å²) in [7, 11) is 0. The molecule has 4 rings (SSSR count). The summed E-state index contributed by atoms with van der Waals surface area (Å²) in [5.74, 6) is -0.194. The minimum atomic E-state index is -0.294. The highest BCUT2D eigenvalue weighted by Gasteiger charge is 2.19. The van der Waals surface area contributed by atoms with E-state index in [1.807, 2.05) is 0 Å². The monoisotopic (exact) mass is 586 g/mol. The Hall–Kier alpha value is -2.76. The lowest BCUT2D eigenvalue weighted by Gasteiger charge is -2.19. The number of halogens is 2. The molecule has 0 bridgehead atoms. The van der Waals surface area contributed by atoms with Gasteiger partial charge in [-0.2, -0.15) is 15.0 Å². The van der Waals surface area contributed by atoms with Crippen molar-refractivity contribution in [3.05, 3.63) is 40.9 Å². The summed E-state index contributed by atoms with van der Waals surface area (Å²) in [5, 5.41) is 14.4. The predicted octanol–water partition coefficient (Wildman–Crippen LogP) is 6.08. The quantitative estimate of drug-likeness (QED) is 0.0495. The van der Waals surface area contributed by atoms with E-state index in [2.05, 4.69) is 31.1 Å². The highest BCUT2D eigenvalue weighted by atomic mass is 35.5. The molecule has 0 aliphatic rings. The molecular formula is C19H16Cl2N8O4S3. The Morgan fingerprint density at radius 1 is 0.778 bits per heavy atom. The summed E-state index contributed by atoms with van der Waals surface area (Å²) >= 11 is 12.9. The number of nitrogens with two attached hydrogens (primary N) is 2. The van der Waals surface area contributed by atoms with Gasteiger partial charge in [0.2, 0.25) is 16.5 Å². The fourth-order valence-electron chi connectivity index (χ4n) is 3.24. The summed E-state index contributed by atoms with van der Waals surface area (Å²) in [4.78, 5) is 12.5. The van der Waals surface area contributed by atoms with Crippen molar-refractivity contribution in [1.82, 2.24) is 15.0 Å². The standard InChI is InChI=1S/C19H16Cl2N8O4S3/c20-17-25-18(21)27-19(26-17)24-7-1-2-9(34-31)8(5-7)28-29-15-11(36-33)4-6-3-10(35-32)13(22)14(23)12(6)16(15)30/h1-5,28-33H,22-23H2,(H,24,25,26,27). The zero-order chi connectivity index (χ0) is 26.0. The number of nitrogens with zero attached hydrogens (tertiary/aromatic N) is 3. The molecule has 0 spiro atoms. The van der Waals surface area contributed by atoms with Crippen LogP contribution in [0.3, 0.4) is 0 Å². The van der Waals surface area contributed by atoms with E-state index < -0.39 is 0 Å². The van der Waals surface area contributed by atoms with E-state index in [9.17, 15) is 18.8 Å². The topological polar surface area (TPSA) is 208 Å². The summed E-state index contributed by atoms with van der Waals surface area (Å²) < 4.78 is 29.0. The summed E-state index contributed by atoms with van der Waals surface area (Å²) in [6.07, 6.45) is 0. The first-order valence-electron chi connectivity index (χ1n) is 9.57. The number of aromatic hydroxyl groups is 1. The fourth-order valence-corrected chi connectivity index (χ4v) is 4.75. The molecule has 12 nitrogen and oxygen atoms in total. The van der Waals surface area contributed by atoms with Gasteiger partial charge in [-0.15, -0.1) is 0 Å². The molecule has 0 saturated carbocycles. The second-order valence-corrected chi connectivity index (χ2v) is 9.50. The average Bonchev–Trinajstić information content (AvgIpc) is 2.84. The van der Waals surface area contributed by atoms with E-state index in [1.54, 1.807) is 24.3 Å². The van der Waals surface area contributed by atoms with Gasteiger partial charge in [-0.05, 0) is 58.9 Å². The lowest BCUT2D eigenvalue weighted by atomic mass is 10.1. The van der Waals surface area contributed by atoms with Crippen LogP contribution < -0.4 is 27.6 Å². The highest BCUT2D eigenvalue weighted by Crippen LogP contribution is 2.46. The van der Waals surface area contributed by atoms with Crippen LogP contribution in [0.2, 0.25) is 10.6 Å². The van der Waals surface area contributed by atoms with Crippen LogP contribution in [0.5, 0.6) is 5.75 Å². The third kappa shape index (κ3) is 5.33. The molecule has 1 heterocycles. The van der Waals surface area contributed by atoms with Crippen LogP contribution in [-0.2, 0) is 0 Å². The van der Waals surface area contributed by atoms with Gasteiger partial charge in [-0.1, -0.05) is 0 Å². The maximum atomic E-state index is 11.0. The Bertz CT molecular complexity index is 1450. The largest absolute Gasteiger partial charge is 0.505 e. The van der Waals surface area contributed by atoms with Gasteiger partial charge >= 0.3 is 0 Å². The molecule has 0 amide bonds. The number of hydrogen-bond acceptors (Lipinski definition) is 15. The Morgan fingerprint density at radius 3 is 2.06 bits per heavy atom. The fraction of sp³-hybridized carbons (Fsp3) is 0. The molecule has 0 saturated heterocycles. The molecule has 0 radical (unpaired) electrons. The molecular weight excluding hydrogens is 571 g/mol. The average molecular weight is 587 g/mol. The van der Waals surface area contributed by atoms with Crippen molar-refractivity contribution in [2.45, 2.75) is 14.7 Å². The van der Waals surface area contributed by atoms with Crippen LogP contribution in [0.4, 0.5) is 34.4 Å². The number of phenols is 1. The van der Waals surface area contributed by atoms with E-state index in [0.717, 1.165) is 0 Å². The van der Waals surface area contributed by atoms with Crippen molar-refractivity contribution in [1.29, 1.82) is 0 Å². The molecule has 0 aliphatic heterocycles. The molecule has 188 valence electrons. The van der Waals surface area contributed by atoms with Gasteiger partial charge in [-0.3, -0.25) is 10.9 Å². The van der Waals surface area contributed by atoms with E-state index >= 15 is 0 Å². The predicted molar refractivity (Wildman–Crippen MR) is 147 cm³/mol. The summed E-state index contributed by atoms with van der Waals surface area (Å²) in [6, 6.07) is 7.97. The lowest BCUT2D eigenvalue weighted by Crippen LogP contribution is -2.11. The van der Waals surface area contributed by atoms with Gasteiger partial charge in [-0.25, -0.2) is 0 Å². The Balaban J connectivity index is 1.69. The Morgan fingerprint density at radius 2 is 1.42 bits per heavy atom. The minimum Gasteiger partial charge on any atom is -0.505 e. The number of aromatic nitrogens is 3. The number of phenolic OH excluding ortho intramolecular Hbond substituents is 1. The van der Waals surface area contributed by atoms with Gasteiger partial charge in [0.1, 0.15) is 5.69 Å². The molecule has 17 heteroatoms. The van der Waals surface area contributed by atoms with Crippen LogP contribution in [-0.4, -0.2) is 33.7 Å². The Kier molecular flexibility index (Phi) is 8.11. The number of rotatable bonds is 8. The number of hydrazine groups is 1. The summed E-state index contributed by atoms with van der Waals surface area (Å²) in [6.45, 7) is 0. The van der Waals surface area contributed by atoms with Crippen LogP contribution in [0.1, 0.15) is 0 Å². The number of nitrogen functional groups attached to an aromatic ring is 2. The molecule has 36 heavy (non-hydrogen) atoms. The van der Waals surface area contributed by atoms with Crippen LogP contribution in [0.15, 0.2) is 45.0 Å². The molecule has 1 aromatic heterocycles. The second-order valence-electron chi connectivity index (χ2n) is 6.96. The van der Waals surface area contributed by atoms with Gasteiger partial charge in [0.25, 0.3) is 0 Å². The zero-order valence-corrected chi connectivity index (χ0v) is 21.6. The first kappa shape index (κ1) is 26.3. The third-order valence-corrected chi connectivity index (χ3v) is 6.78. The molecule has 0 atom stereocenters. The number of anilines is 6. The molecule has 11 N–H and O–H groups in total. The number of nitrogens with one attached hydrogen (secondary N) is 3. The Labute approximate surface area is 226 Å². The van der Waals surface area contributed by atoms with Crippen LogP contribution in [0.25, 0.3) is 10.8 Å². The zero-order valence-electron chi connectivity index (χ0n) is 17.7. The highest BCUT2D eigenvalue weighted by molar-refractivity contribution is 7.94. The van der Waals surface area contributed by atoms with Crippen molar-refractivity contribution in [3.63, 3.8) is 0 Å². The van der Waals surface area contributed by atoms with Gasteiger partial charge < -0.3 is 35.5 Å². The third-order valence-electron chi connectivity index (χ3n) is 4.84. The SMILES string of the molecule is Nc1c(SO)cc2cc(SO)c(NNc3cc(Nc4nc(Cl)nc(Cl)n4)ccc3SO)c(O)c2c1N. The van der Waals surface area contributed by atoms with Crippen molar-refractivity contribution < 1.29 is 18.8 Å². The number of benzene rings is 3. The smallest absolute Gasteiger partial charge is 0.232 e. The molecule has 0 unspecified atom stereocenters. The first-order valence-corrected chi connectivity index (χ1v) is 12.6. The van der Waals surface area contributed by atoms with Crippen LogP contribution >= 0.6 is 59.3 Å². The number of hydrogen-bond donors (Lipinski definition) is 9. The maximum absolute atomic E-state index is 11.0. The van der Waals surface area contributed by atoms with E-state index in [4.69, 9.17) is 34.7 Å². The number of fused-ring (bicyclic) bond motifs is 1. The lowest BCUT2D eigenvalue weighted by molar-refractivity contribution is 0.482. The van der Waals surface area contributed by atoms with E-state index in [0.29, 0.717) is 62.7 Å². The van der Waals surface area contributed by atoms with Gasteiger partial charge in [0, 0.05) is 41.8 Å². The molecule has 0 aliphatic carbocycles. The molecule has 4 aromatic rings. The molecule has 3 aromatic carbocycles. The maximum Gasteiger partial charge on any atom is 0.232 e. The normalized spacial score (nSPS) is 11.0. The van der Waals surface area contributed by atoms with Gasteiger partial charge in [0.15, 0.2) is 5.75 Å². The first-order chi connectivity index (χ1) is 17.2. The van der Waals surface area contributed by atoms with Crippen molar-refractivity contribution in [2.24, 2.45) is 0 Å². The van der Waals surface area contributed by atoms with Crippen molar-refractivity contribution in [3.8, 4) is 5.75 Å². The van der Waals surface area contributed by atoms with Crippen molar-refractivity contribution >= 4 is 104 Å². The second kappa shape index (κ2) is 11.1. The van der Waals surface area contributed by atoms with E-state index in [1.165, 1.54) is 6.07 Å². The van der Waals surface area contributed by atoms with Gasteiger partial charge in [0.05, 0.1) is 37.1 Å². The van der Waals surface area contributed by atoms with Crippen LogP contribution in [0, 0.1) is 0 Å².